The second-order valence-electron chi connectivity index (χ2n) is 6.76. The van der Waals surface area contributed by atoms with E-state index in [0.29, 0.717) is 16.9 Å². The molecule has 1 amide bonds. The van der Waals surface area contributed by atoms with Gasteiger partial charge in [-0.1, -0.05) is 24.3 Å². The highest BCUT2D eigenvalue weighted by Crippen LogP contribution is 2.19. The van der Waals surface area contributed by atoms with E-state index in [0.717, 1.165) is 16.5 Å². The van der Waals surface area contributed by atoms with Crippen LogP contribution in [-0.4, -0.2) is 10.9 Å². The summed E-state index contributed by atoms with van der Waals surface area (Å²) < 4.78 is 32.9. The molecule has 0 aliphatic carbocycles. The molecule has 1 aromatic heterocycles. The Labute approximate surface area is 172 Å². The van der Waals surface area contributed by atoms with Gasteiger partial charge in [0.2, 0.25) is 0 Å². The summed E-state index contributed by atoms with van der Waals surface area (Å²) in [5, 5.41) is 3.59. The number of halogens is 2. The number of aromatic nitrogens is 1. The van der Waals surface area contributed by atoms with Gasteiger partial charge >= 0.3 is 0 Å². The van der Waals surface area contributed by atoms with Crippen molar-refractivity contribution in [2.24, 2.45) is 0 Å². The average molecular weight is 404 g/mol. The van der Waals surface area contributed by atoms with E-state index >= 15 is 0 Å². The topological polar surface area (TPSA) is 51.2 Å². The number of nitrogens with zero attached hydrogens (tertiary/aromatic N) is 1. The zero-order chi connectivity index (χ0) is 20.9. The maximum atomic E-state index is 14.4. The van der Waals surface area contributed by atoms with Gasteiger partial charge in [0.1, 0.15) is 24.0 Å². The number of fused-ring (bicyclic) bond motifs is 1. The minimum absolute atomic E-state index is 0.0496. The molecule has 0 unspecified atom stereocenters. The summed E-state index contributed by atoms with van der Waals surface area (Å²) in [5.41, 5.74) is 2.41. The van der Waals surface area contributed by atoms with Crippen LogP contribution in [0.15, 0.2) is 79.0 Å². The van der Waals surface area contributed by atoms with Crippen LogP contribution in [0.1, 0.15) is 21.5 Å². The van der Waals surface area contributed by atoms with Crippen LogP contribution in [0.25, 0.3) is 10.9 Å². The first-order valence-electron chi connectivity index (χ1n) is 9.37. The van der Waals surface area contributed by atoms with Crippen molar-refractivity contribution in [1.29, 1.82) is 0 Å². The summed E-state index contributed by atoms with van der Waals surface area (Å²) in [6, 6.07) is 19.3. The van der Waals surface area contributed by atoms with Gasteiger partial charge in [-0.3, -0.25) is 9.78 Å². The second-order valence-corrected chi connectivity index (χ2v) is 6.76. The van der Waals surface area contributed by atoms with E-state index in [-0.39, 0.29) is 24.9 Å². The molecule has 150 valence electrons. The fourth-order valence-electron chi connectivity index (χ4n) is 3.00. The zero-order valence-corrected chi connectivity index (χ0v) is 15.9. The number of amides is 1. The van der Waals surface area contributed by atoms with Crippen LogP contribution >= 0.6 is 0 Å². The van der Waals surface area contributed by atoms with Crippen LogP contribution in [0, 0.1) is 11.6 Å². The number of pyridine rings is 1. The van der Waals surface area contributed by atoms with E-state index in [1.54, 1.807) is 54.7 Å². The molecule has 0 saturated heterocycles. The molecule has 0 saturated carbocycles. The smallest absolute Gasteiger partial charge is 0.251 e. The van der Waals surface area contributed by atoms with Gasteiger partial charge in [0.25, 0.3) is 5.91 Å². The Bertz CT molecular complexity index is 1190. The van der Waals surface area contributed by atoms with Crippen LogP contribution in [0.4, 0.5) is 8.78 Å². The first kappa shape index (κ1) is 19.5. The first-order valence-corrected chi connectivity index (χ1v) is 9.37. The minimum Gasteiger partial charge on any atom is -0.489 e. The van der Waals surface area contributed by atoms with Gasteiger partial charge in [-0.2, -0.15) is 0 Å². The van der Waals surface area contributed by atoms with Gasteiger partial charge in [-0.05, 0) is 48.0 Å². The summed E-state index contributed by atoms with van der Waals surface area (Å²) in [4.78, 5) is 16.6. The molecule has 30 heavy (non-hydrogen) atoms. The van der Waals surface area contributed by atoms with Crippen molar-refractivity contribution >= 4 is 16.8 Å². The molecule has 0 aliphatic heterocycles. The lowest BCUT2D eigenvalue weighted by Crippen LogP contribution is -2.23. The van der Waals surface area contributed by atoms with E-state index in [1.165, 1.54) is 18.2 Å². The van der Waals surface area contributed by atoms with Crippen LogP contribution < -0.4 is 10.1 Å². The third-order valence-corrected chi connectivity index (χ3v) is 4.65. The summed E-state index contributed by atoms with van der Waals surface area (Å²) in [5.74, 6) is -0.739. The molecular formula is C24H18F2N2O2. The molecule has 0 bridgehead atoms. The number of rotatable bonds is 6. The Balaban J connectivity index is 1.37. The van der Waals surface area contributed by atoms with Crippen molar-refractivity contribution in [2.75, 3.05) is 0 Å². The summed E-state index contributed by atoms with van der Waals surface area (Å²) in [6.45, 7) is 0.251. The molecule has 0 fully saturated rings. The highest BCUT2D eigenvalue weighted by atomic mass is 19.1. The van der Waals surface area contributed by atoms with E-state index in [2.05, 4.69) is 10.3 Å². The SMILES string of the molecule is O=C(NCc1ccc(OCc2ccc(F)cc2)cc1F)c1ccc2ncccc2c1. The van der Waals surface area contributed by atoms with E-state index in [9.17, 15) is 13.6 Å². The molecule has 3 aromatic carbocycles. The molecule has 0 spiro atoms. The normalized spacial score (nSPS) is 10.7. The fraction of sp³-hybridized carbons (Fsp3) is 0.0833. The average Bonchev–Trinajstić information content (AvgIpc) is 2.77. The van der Waals surface area contributed by atoms with E-state index in [4.69, 9.17) is 4.74 Å². The number of hydrogen-bond acceptors (Lipinski definition) is 3. The number of nitrogens with one attached hydrogen (secondary N) is 1. The Kier molecular flexibility index (Phi) is 5.66. The Morgan fingerprint density at radius 2 is 1.80 bits per heavy atom. The number of hydrogen-bond donors (Lipinski definition) is 1. The summed E-state index contributed by atoms with van der Waals surface area (Å²) >= 11 is 0. The van der Waals surface area contributed by atoms with Crippen molar-refractivity contribution in [3.05, 3.63) is 107 Å². The number of carbonyl (C=O) groups is 1. The van der Waals surface area contributed by atoms with Crippen molar-refractivity contribution in [1.82, 2.24) is 10.3 Å². The third-order valence-electron chi connectivity index (χ3n) is 4.65. The minimum atomic E-state index is -0.477. The fourth-order valence-corrected chi connectivity index (χ4v) is 3.00. The molecule has 1 N–H and O–H groups in total. The van der Waals surface area contributed by atoms with Crippen molar-refractivity contribution < 1.29 is 18.3 Å². The lowest BCUT2D eigenvalue weighted by atomic mass is 10.1. The molecule has 0 aliphatic rings. The maximum Gasteiger partial charge on any atom is 0.251 e. The Hall–Kier alpha value is -3.80. The van der Waals surface area contributed by atoms with E-state index in [1.807, 2.05) is 6.07 Å². The largest absolute Gasteiger partial charge is 0.489 e. The van der Waals surface area contributed by atoms with Gasteiger partial charge in [0, 0.05) is 35.3 Å². The Morgan fingerprint density at radius 1 is 0.967 bits per heavy atom. The van der Waals surface area contributed by atoms with Crippen molar-refractivity contribution in [2.45, 2.75) is 13.2 Å². The highest BCUT2D eigenvalue weighted by molar-refractivity contribution is 5.97. The summed E-state index contributed by atoms with van der Waals surface area (Å²) in [6.07, 6.45) is 1.69. The molecule has 4 rings (SSSR count). The first-order chi connectivity index (χ1) is 14.6. The quantitative estimate of drug-likeness (QED) is 0.491. The van der Waals surface area contributed by atoms with Crippen LogP contribution in [0.2, 0.25) is 0 Å². The lowest BCUT2D eigenvalue weighted by Gasteiger charge is -2.10. The summed E-state index contributed by atoms with van der Waals surface area (Å²) in [7, 11) is 0. The van der Waals surface area contributed by atoms with Crippen molar-refractivity contribution in [3.8, 4) is 5.75 Å². The molecule has 4 nitrogen and oxygen atoms in total. The van der Waals surface area contributed by atoms with Gasteiger partial charge in [0.05, 0.1) is 5.52 Å². The predicted molar refractivity (Wildman–Crippen MR) is 110 cm³/mol. The molecule has 6 heteroatoms. The highest BCUT2D eigenvalue weighted by Gasteiger charge is 2.10. The second kappa shape index (κ2) is 8.69. The monoisotopic (exact) mass is 404 g/mol. The van der Waals surface area contributed by atoms with Gasteiger partial charge in [-0.25, -0.2) is 8.78 Å². The third kappa shape index (κ3) is 4.60. The van der Waals surface area contributed by atoms with Gasteiger partial charge in [0.15, 0.2) is 0 Å². The van der Waals surface area contributed by atoms with Gasteiger partial charge in [-0.15, -0.1) is 0 Å². The van der Waals surface area contributed by atoms with Crippen LogP contribution in [0.3, 0.4) is 0 Å². The number of benzene rings is 3. The molecule has 0 radical (unpaired) electrons. The van der Waals surface area contributed by atoms with E-state index < -0.39 is 5.82 Å². The molecule has 4 aromatic rings. The number of carbonyl (C=O) groups excluding carboxylic acids is 1. The van der Waals surface area contributed by atoms with Crippen LogP contribution in [-0.2, 0) is 13.2 Å². The van der Waals surface area contributed by atoms with Crippen LogP contribution in [0.5, 0.6) is 5.75 Å². The van der Waals surface area contributed by atoms with Crippen molar-refractivity contribution in [3.63, 3.8) is 0 Å². The molecule has 1 heterocycles. The Morgan fingerprint density at radius 3 is 2.60 bits per heavy atom. The number of ether oxygens (including phenoxy) is 1. The lowest BCUT2D eigenvalue weighted by molar-refractivity contribution is 0.0950. The maximum absolute atomic E-state index is 14.4. The standard InChI is InChI=1S/C24H18F2N2O2/c25-20-7-3-16(4-8-20)15-30-21-9-5-19(22(26)13-21)14-28-24(29)18-6-10-23-17(12-18)2-1-11-27-23/h1-13H,14-15H2,(H,28,29). The van der Waals surface area contributed by atoms with Gasteiger partial charge < -0.3 is 10.1 Å². The molecule has 0 atom stereocenters. The predicted octanol–water partition coefficient (Wildman–Crippen LogP) is 5.02. The zero-order valence-electron chi connectivity index (χ0n) is 15.9. The molecular weight excluding hydrogens is 386 g/mol.